The Balaban J connectivity index is 1.84. The third-order valence-electron chi connectivity index (χ3n) is 9.20. The van der Waals surface area contributed by atoms with Gasteiger partial charge in [0.15, 0.2) is 0 Å². The maximum Gasteiger partial charge on any atom is 0.0465 e. The molecule has 3 fully saturated rings. The molecule has 1 N–H and O–H groups in total. The Bertz CT molecular complexity index is 500. The Labute approximate surface area is 161 Å². The van der Waals surface area contributed by atoms with Gasteiger partial charge in [0.25, 0.3) is 0 Å². The molecule has 7 atom stereocenters. The van der Waals surface area contributed by atoms with Crippen molar-refractivity contribution in [2.45, 2.75) is 78.6 Å². The maximum absolute atomic E-state index is 9.52. The van der Waals surface area contributed by atoms with Crippen molar-refractivity contribution >= 4 is 0 Å². The summed E-state index contributed by atoms with van der Waals surface area (Å²) in [6.07, 6.45) is 11.6. The summed E-state index contributed by atoms with van der Waals surface area (Å²) in [7, 11) is 1.83. The van der Waals surface area contributed by atoms with Gasteiger partial charge in [-0.25, -0.2) is 0 Å². The molecule has 0 spiro atoms. The highest BCUT2D eigenvalue weighted by atomic mass is 16.5. The van der Waals surface area contributed by atoms with Gasteiger partial charge in [0, 0.05) is 20.3 Å². The van der Waals surface area contributed by atoms with E-state index in [1.54, 1.807) is 0 Å². The minimum Gasteiger partial charge on any atom is -0.396 e. The van der Waals surface area contributed by atoms with Gasteiger partial charge < -0.3 is 9.84 Å². The van der Waals surface area contributed by atoms with Crippen LogP contribution in [0.25, 0.3) is 0 Å². The number of aliphatic hydroxyl groups is 1. The second-order valence-corrected chi connectivity index (χ2v) is 10.3. The predicted molar refractivity (Wildman–Crippen MR) is 109 cm³/mol. The monoisotopic (exact) mass is 362 g/mol. The summed E-state index contributed by atoms with van der Waals surface area (Å²) in [5.74, 6) is 4.12. The van der Waals surface area contributed by atoms with Gasteiger partial charge in [-0.05, 0) is 105 Å². The summed E-state index contributed by atoms with van der Waals surface area (Å²) in [6, 6.07) is 0. The van der Waals surface area contributed by atoms with Crippen LogP contribution in [0.4, 0.5) is 0 Å². The normalized spacial score (nSPS) is 45.2. The fourth-order valence-corrected chi connectivity index (χ4v) is 7.93. The van der Waals surface area contributed by atoms with Gasteiger partial charge in [-0.3, -0.25) is 0 Å². The quantitative estimate of drug-likeness (QED) is 0.576. The Hall–Kier alpha value is -0.340. The van der Waals surface area contributed by atoms with Crippen LogP contribution in [-0.2, 0) is 4.74 Å². The number of hydrogen-bond donors (Lipinski definition) is 1. The molecule has 3 aliphatic rings. The van der Waals surface area contributed by atoms with E-state index in [1.807, 2.05) is 7.11 Å². The summed E-state index contributed by atoms with van der Waals surface area (Å²) < 4.78 is 5.45. The molecule has 3 saturated carbocycles. The molecule has 0 aromatic heterocycles. The zero-order valence-electron chi connectivity index (χ0n) is 17.7. The van der Waals surface area contributed by atoms with Gasteiger partial charge in [0.1, 0.15) is 0 Å². The van der Waals surface area contributed by atoms with Crippen LogP contribution in [0, 0.1) is 40.4 Å². The van der Waals surface area contributed by atoms with Gasteiger partial charge in [0.2, 0.25) is 0 Å². The van der Waals surface area contributed by atoms with Crippen LogP contribution in [0.5, 0.6) is 0 Å². The Morgan fingerprint density at radius 3 is 2.54 bits per heavy atom. The number of methoxy groups -OCH3 is 1. The van der Waals surface area contributed by atoms with Crippen molar-refractivity contribution in [1.29, 1.82) is 0 Å². The van der Waals surface area contributed by atoms with E-state index in [9.17, 15) is 5.11 Å². The first kappa shape index (κ1) is 20.4. The van der Waals surface area contributed by atoms with Gasteiger partial charge in [-0.15, -0.1) is 0 Å². The van der Waals surface area contributed by atoms with Crippen LogP contribution in [0.15, 0.2) is 12.2 Å². The highest BCUT2D eigenvalue weighted by Crippen LogP contribution is 2.67. The van der Waals surface area contributed by atoms with Gasteiger partial charge in [0.05, 0.1) is 0 Å². The first-order valence-corrected chi connectivity index (χ1v) is 11.1. The topological polar surface area (TPSA) is 29.5 Å². The van der Waals surface area contributed by atoms with Gasteiger partial charge >= 0.3 is 0 Å². The first-order valence-electron chi connectivity index (χ1n) is 11.1. The molecule has 0 amide bonds. The van der Waals surface area contributed by atoms with E-state index in [0.717, 1.165) is 42.6 Å². The van der Waals surface area contributed by atoms with Crippen molar-refractivity contribution < 1.29 is 9.84 Å². The van der Waals surface area contributed by atoms with E-state index in [1.165, 1.54) is 56.9 Å². The molecule has 2 nitrogen and oxygen atoms in total. The molecule has 0 aromatic carbocycles. The number of fused-ring (bicyclic) bond motifs is 3. The van der Waals surface area contributed by atoms with E-state index < -0.39 is 0 Å². The van der Waals surface area contributed by atoms with Crippen LogP contribution < -0.4 is 0 Å². The minimum absolute atomic E-state index is 0.336. The first-order chi connectivity index (χ1) is 12.4. The Morgan fingerprint density at radius 1 is 1.12 bits per heavy atom. The van der Waals surface area contributed by atoms with Crippen molar-refractivity contribution in [2.24, 2.45) is 40.4 Å². The van der Waals surface area contributed by atoms with Crippen LogP contribution >= 0.6 is 0 Å². The second kappa shape index (κ2) is 7.95. The largest absolute Gasteiger partial charge is 0.396 e. The molecule has 3 rings (SSSR count). The van der Waals surface area contributed by atoms with E-state index in [4.69, 9.17) is 4.74 Å². The zero-order chi connectivity index (χ0) is 18.9. The van der Waals surface area contributed by atoms with Crippen LogP contribution in [0.2, 0.25) is 0 Å². The molecule has 150 valence electrons. The molecular weight excluding hydrogens is 320 g/mol. The van der Waals surface area contributed by atoms with E-state index in [0.29, 0.717) is 17.4 Å². The maximum atomic E-state index is 9.52. The van der Waals surface area contributed by atoms with Crippen LogP contribution in [0.3, 0.4) is 0 Å². The fourth-order valence-electron chi connectivity index (χ4n) is 7.93. The van der Waals surface area contributed by atoms with Crippen molar-refractivity contribution in [3.63, 3.8) is 0 Å². The predicted octanol–water partition coefficient (Wildman–Crippen LogP) is 5.85. The lowest BCUT2D eigenvalue weighted by atomic mass is 9.46. The molecule has 26 heavy (non-hydrogen) atoms. The van der Waals surface area contributed by atoms with Crippen molar-refractivity contribution in [3.05, 3.63) is 12.2 Å². The lowest BCUT2D eigenvalue weighted by Gasteiger charge is -2.59. The van der Waals surface area contributed by atoms with Gasteiger partial charge in [-0.2, -0.15) is 0 Å². The summed E-state index contributed by atoms with van der Waals surface area (Å²) in [5.41, 5.74) is 2.29. The number of hydrogen-bond acceptors (Lipinski definition) is 2. The summed E-state index contributed by atoms with van der Waals surface area (Å²) in [4.78, 5) is 0. The second-order valence-electron chi connectivity index (χ2n) is 10.3. The van der Waals surface area contributed by atoms with Crippen molar-refractivity contribution in [1.82, 2.24) is 0 Å². The molecule has 0 heterocycles. The fraction of sp³-hybridized carbons (Fsp3) is 0.917. The van der Waals surface area contributed by atoms with E-state index in [-0.39, 0.29) is 0 Å². The molecular formula is C24H42O2. The summed E-state index contributed by atoms with van der Waals surface area (Å²) >= 11 is 0. The van der Waals surface area contributed by atoms with Gasteiger partial charge in [-0.1, -0.05) is 26.0 Å². The molecule has 0 radical (unpaired) electrons. The molecule has 2 heteroatoms. The zero-order valence-corrected chi connectivity index (χ0v) is 17.7. The number of ether oxygens (including phenoxy) is 1. The minimum atomic E-state index is 0.336. The number of aliphatic hydroxyl groups excluding tert-OH is 1. The molecule has 3 aliphatic carbocycles. The highest BCUT2D eigenvalue weighted by Gasteiger charge is 2.59. The average Bonchev–Trinajstić information content (AvgIpc) is 2.97. The van der Waals surface area contributed by atoms with E-state index in [2.05, 4.69) is 27.4 Å². The van der Waals surface area contributed by atoms with E-state index >= 15 is 0 Å². The van der Waals surface area contributed by atoms with Crippen molar-refractivity contribution in [2.75, 3.05) is 20.3 Å². The van der Waals surface area contributed by atoms with Crippen LogP contribution in [0.1, 0.15) is 78.6 Å². The van der Waals surface area contributed by atoms with Crippen molar-refractivity contribution in [3.8, 4) is 0 Å². The molecule has 7 unspecified atom stereocenters. The number of rotatable bonds is 7. The van der Waals surface area contributed by atoms with Crippen LogP contribution in [-0.4, -0.2) is 25.4 Å². The standard InChI is InChI=1S/C24H42O2/c1-17(2)20-9-10-21-19-8-7-18(12-16-26-5)23(3,13-6-15-25)22(19)11-14-24(20,21)4/h18-22,25H,1,6-16H2,2-5H3. The Kier molecular flexibility index (Phi) is 6.24. The lowest BCUT2D eigenvalue weighted by Crippen LogP contribution is -2.52. The average molecular weight is 363 g/mol. The SMILES string of the molecule is C=C(C)C1CCC2C3CCC(CCOC)C(C)(CCCO)C3CCC12C. The molecule has 0 saturated heterocycles. The summed E-state index contributed by atoms with van der Waals surface area (Å²) in [6.45, 7) is 13.0. The molecule has 0 aromatic rings. The number of allylic oxidation sites excluding steroid dienone is 1. The Morgan fingerprint density at radius 2 is 1.88 bits per heavy atom. The molecule has 0 aliphatic heterocycles. The smallest absolute Gasteiger partial charge is 0.0465 e. The highest BCUT2D eigenvalue weighted by molar-refractivity contribution is 5.14. The summed E-state index contributed by atoms with van der Waals surface area (Å²) in [5, 5.41) is 9.52. The lowest BCUT2D eigenvalue weighted by molar-refractivity contribution is -0.103. The molecule has 0 bridgehead atoms. The third kappa shape index (κ3) is 3.30. The third-order valence-corrected chi connectivity index (χ3v) is 9.20.